The van der Waals surface area contributed by atoms with Crippen LogP contribution in [0.5, 0.6) is 0 Å². The van der Waals surface area contributed by atoms with Crippen molar-refractivity contribution in [3.63, 3.8) is 0 Å². The fourth-order valence-electron chi connectivity index (χ4n) is 4.57. The van der Waals surface area contributed by atoms with Gasteiger partial charge in [0.15, 0.2) is 0 Å². The molecule has 1 aliphatic heterocycles. The lowest BCUT2D eigenvalue weighted by atomic mass is 9.66. The molecule has 2 atom stereocenters. The highest BCUT2D eigenvalue weighted by Gasteiger charge is 2.43. The highest BCUT2D eigenvalue weighted by molar-refractivity contribution is 5.86. The minimum absolute atomic E-state index is 0. The zero-order valence-electron chi connectivity index (χ0n) is 17.3. The molecule has 2 unspecified atom stereocenters. The molecule has 0 fully saturated rings. The number of halogens is 2. The lowest BCUT2D eigenvalue weighted by Crippen LogP contribution is -2.53. The molecule has 30 heavy (non-hydrogen) atoms. The fourth-order valence-corrected chi connectivity index (χ4v) is 4.57. The SMILES string of the molecule is CCC(NCCc1ccccc1)C1(c2ccccc2)CN=Cc2ccccc21.Cl.Cl. The summed E-state index contributed by atoms with van der Waals surface area (Å²) in [4.78, 5) is 4.82. The molecule has 1 heterocycles. The number of nitrogens with zero attached hydrogens (tertiary/aromatic N) is 1. The van der Waals surface area contributed by atoms with Crippen LogP contribution < -0.4 is 5.32 Å². The predicted molar refractivity (Wildman–Crippen MR) is 133 cm³/mol. The van der Waals surface area contributed by atoms with Gasteiger partial charge in [-0.3, -0.25) is 4.99 Å². The van der Waals surface area contributed by atoms with Gasteiger partial charge in [0.25, 0.3) is 0 Å². The quantitative estimate of drug-likeness (QED) is 0.488. The van der Waals surface area contributed by atoms with Crippen LogP contribution in [-0.2, 0) is 11.8 Å². The first-order valence-corrected chi connectivity index (χ1v) is 10.3. The van der Waals surface area contributed by atoms with Crippen molar-refractivity contribution in [3.05, 3.63) is 107 Å². The van der Waals surface area contributed by atoms with E-state index in [1.54, 1.807) is 0 Å². The van der Waals surface area contributed by atoms with Crippen LogP contribution in [0.4, 0.5) is 0 Å². The van der Waals surface area contributed by atoms with Gasteiger partial charge in [-0.2, -0.15) is 0 Å². The van der Waals surface area contributed by atoms with E-state index in [-0.39, 0.29) is 30.2 Å². The fraction of sp³-hybridized carbons (Fsp3) is 0.269. The molecule has 158 valence electrons. The molecule has 1 N–H and O–H groups in total. The van der Waals surface area contributed by atoms with Gasteiger partial charge < -0.3 is 5.32 Å². The molecule has 0 aliphatic carbocycles. The molecule has 1 aliphatic rings. The van der Waals surface area contributed by atoms with Crippen LogP contribution in [0.15, 0.2) is 89.9 Å². The monoisotopic (exact) mass is 440 g/mol. The van der Waals surface area contributed by atoms with Crippen molar-refractivity contribution in [2.45, 2.75) is 31.2 Å². The standard InChI is InChI=1S/C26H28N2.2ClH/c1-2-25(28-18-17-21-11-5-3-6-12-21)26(23-14-7-4-8-15-23)20-27-19-22-13-9-10-16-24(22)26;;/h3-16,19,25,28H,2,17-18,20H2,1H3;2*1H. The van der Waals surface area contributed by atoms with Crippen molar-refractivity contribution < 1.29 is 0 Å². The van der Waals surface area contributed by atoms with Gasteiger partial charge >= 0.3 is 0 Å². The molecule has 0 spiro atoms. The summed E-state index contributed by atoms with van der Waals surface area (Å²) in [5.74, 6) is 0. The maximum Gasteiger partial charge on any atom is 0.0556 e. The summed E-state index contributed by atoms with van der Waals surface area (Å²) < 4.78 is 0. The van der Waals surface area contributed by atoms with E-state index in [1.807, 2.05) is 6.21 Å². The molecule has 2 nitrogen and oxygen atoms in total. The summed E-state index contributed by atoms with van der Waals surface area (Å²) in [6.07, 6.45) is 4.12. The number of aliphatic imine (C=N–C) groups is 1. The summed E-state index contributed by atoms with van der Waals surface area (Å²) in [5.41, 5.74) is 5.20. The van der Waals surface area contributed by atoms with Gasteiger partial charge in [0.1, 0.15) is 0 Å². The van der Waals surface area contributed by atoms with Crippen LogP contribution in [0.3, 0.4) is 0 Å². The van der Waals surface area contributed by atoms with Crippen LogP contribution in [0.25, 0.3) is 0 Å². The Morgan fingerprint density at radius 2 is 1.50 bits per heavy atom. The third kappa shape index (κ3) is 4.78. The smallest absolute Gasteiger partial charge is 0.0556 e. The first kappa shape index (κ1) is 24.1. The van der Waals surface area contributed by atoms with Gasteiger partial charge in [0.05, 0.1) is 12.0 Å². The summed E-state index contributed by atoms with van der Waals surface area (Å²) in [7, 11) is 0. The number of benzene rings is 3. The van der Waals surface area contributed by atoms with E-state index >= 15 is 0 Å². The Kier molecular flexibility index (Phi) is 9.10. The molecule has 0 aromatic heterocycles. The van der Waals surface area contributed by atoms with Crippen molar-refractivity contribution in [1.29, 1.82) is 0 Å². The van der Waals surface area contributed by atoms with Gasteiger partial charge in [-0.1, -0.05) is 91.9 Å². The lowest BCUT2D eigenvalue weighted by molar-refractivity contribution is 0.337. The number of hydrogen-bond donors (Lipinski definition) is 1. The van der Waals surface area contributed by atoms with Gasteiger partial charge in [0.2, 0.25) is 0 Å². The van der Waals surface area contributed by atoms with E-state index in [9.17, 15) is 0 Å². The highest BCUT2D eigenvalue weighted by atomic mass is 35.5. The molecule has 0 bridgehead atoms. The average molecular weight is 441 g/mol. The number of fused-ring (bicyclic) bond motifs is 1. The Bertz CT molecular complexity index is 928. The van der Waals surface area contributed by atoms with Crippen LogP contribution >= 0.6 is 24.8 Å². The van der Waals surface area contributed by atoms with Gasteiger partial charge in [0, 0.05) is 12.3 Å². The van der Waals surface area contributed by atoms with E-state index in [4.69, 9.17) is 4.99 Å². The molecule has 0 saturated heterocycles. The molecule has 0 radical (unpaired) electrons. The van der Waals surface area contributed by atoms with Crippen LogP contribution in [0.1, 0.15) is 35.6 Å². The Labute approximate surface area is 192 Å². The summed E-state index contributed by atoms with van der Waals surface area (Å²) in [6, 6.07) is 30.7. The molecule has 0 amide bonds. The Morgan fingerprint density at radius 1 is 0.867 bits per heavy atom. The molecular formula is C26H30Cl2N2. The Hall–Kier alpha value is -2.13. The first-order chi connectivity index (χ1) is 13.8. The number of nitrogens with one attached hydrogen (secondary N) is 1. The van der Waals surface area contributed by atoms with E-state index in [2.05, 4.69) is 97.2 Å². The number of hydrogen-bond acceptors (Lipinski definition) is 2. The van der Waals surface area contributed by atoms with Gasteiger partial charge in [-0.15, -0.1) is 24.8 Å². The van der Waals surface area contributed by atoms with Crippen LogP contribution in [0, 0.1) is 0 Å². The Morgan fingerprint density at radius 3 is 2.20 bits per heavy atom. The molecule has 0 saturated carbocycles. The normalized spacial score (nSPS) is 17.9. The summed E-state index contributed by atoms with van der Waals surface area (Å²) in [5, 5.41) is 3.89. The highest BCUT2D eigenvalue weighted by Crippen LogP contribution is 2.40. The second-order valence-corrected chi connectivity index (χ2v) is 7.54. The van der Waals surface area contributed by atoms with Crippen molar-refractivity contribution in [3.8, 4) is 0 Å². The summed E-state index contributed by atoms with van der Waals surface area (Å²) in [6.45, 7) is 4.03. The minimum atomic E-state index is -0.141. The molecule has 4 heteroatoms. The van der Waals surface area contributed by atoms with Crippen molar-refractivity contribution in [2.24, 2.45) is 4.99 Å². The molecule has 3 aromatic carbocycles. The second kappa shape index (κ2) is 11.3. The van der Waals surface area contributed by atoms with Gasteiger partial charge in [-0.25, -0.2) is 0 Å². The average Bonchev–Trinajstić information content (AvgIpc) is 2.78. The third-order valence-corrected chi connectivity index (χ3v) is 5.95. The van der Waals surface area contributed by atoms with E-state index in [0.717, 1.165) is 25.9 Å². The molecular weight excluding hydrogens is 411 g/mol. The van der Waals surface area contributed by atoms with E-state index in [0.29, 0.717) is 6.04 Å². The zero-order valence-corrected chi connectivity index (χ0v) is 19.0. The zero-order chi connectivity index (χ0) is 19.2. The predicted octanol–water partition coefficient (Wildman–Crippen LogP) is 5.86. The lowest BCUT2D eigenvalue weighted by Gasteiger charge is -2.43. The van der Waals surface area contributed by atoms with Crippen molar-refractivity contribution in [1.82, 2.24) is 5.32 Å². The molecule has 4 rings (SSSR count). The second-order valence-electron chi connectivity index (χ2n) is 7.54. The molecule has 3 aromatic rings. The topological polar surface area (TPSA) is 24.4 Å². The van der Waals surface area contributed by atoms with E-state index in [1.165, 1.54) is 22.3 Å². The van der Waals surface area contributed by atoms with Gasteiger partial charge in [-0.05, 0) is 41.6 Å². The van der Waals surface area contributed by atoms with Crippen LogP contribution in [-0.4, -0.2) is 25.3 Å². The maximum atomic E-state index is 4.82. The third-order valence-electron chi connectivity index (χ3n) is 5.95. The summed E-state index contributed by atoms with van der Waals surface area (Å²) >= 11 is 0. The minimum Gasteiger partial charge on any atom is -0.312 e. The van der Waals surface area contributed by atoms with Crippen molar-refractivity contribution in [2.75, 3.05) is 13.1 Å². The number of rotatable bonds is 7. The van der Waals surface area contributed by atoms with E-state index < -0.39 is 0 Å². The maximum absolute atomic E-state index is 4.82. The Balaban J connectivity index is 0.00000160. The van der Waals surface area contributed by atoms with Crippen LogP contribution in [0.2, 0.25) is 0 Å². The largest absolute Gasteiger partial charge is 0.312 e. The first-order valence-electron chi connectivity index (χ1n) is 10.3. The van der Waals surface area contributed by atoms with Crippen molar-refractivity contribution >= 4 is 31.0 Å².